The molecule has 0 atom stereocenters. The van der Waals surface area contributed by atoms with Crippen LogP contribution >= 0.6 is 0 Å². The molecule has 0 saturated carbocycles. The number of benzene rings is 3. The summed E-state index contributed by atoms with van der Waals surface area (Å²) in [7, 11) is 0. The number of nitrogens with one attached hydrogen (secondary N) is 2. The largest absolute Gasteiger partial charge is 0.354 e. The van der Waals surface area contributed by atoms with Crippen LogP contribution in [-0.4, -0.2) is 52.7 Å². The molecule has 0 aromatic heterocycles. The third kappa shape index (κ3) is 5.58. The Bertz CT molecular complexity index is 1560. The number of nitrogens with zero attached hydrogens (tertiary/aromatic N) is 3. The number of carbonyl (C=O) groups excluding carboxylic acids is 2. The molecule has 2 amide bonds. The SMILES string of the molecule is CC(=O)N1CCc2cc(N/C(=C3\C(=O)Nc4ccc([N+](=O)[O-])cc43)c3ccc(CCN4CCCC4)cc3)ccc2C1. The van der Waals surface area contributed by atoms with Gasteiger partial charge in [0.25, 0.3) is 11.6 Å². The van der Waals surface area contributed by atoms with Crippen LogP contribution in [-0.2, 0) is 29.0 Å². The van der Waals surface area contributed by atoms with E-state index in [2.05, 4.69) is 33.7 Å². The van der Waals surface area contributed by atoms with Gasteiger partial charge in [-0.25, -0.2) is 0 Å². The number of rotatable bonds is 7. The maximum atomic E-state index is 13.3. The molecule has 3 heterocycles. The average Bonchev–Trinajstić information content (AvgIpc) is 3.61. The van der Waals surface area contributed by atoms with E-state index in [4.69, 9.17) is 0 Å². The van der Waals surface area contributed by atoms with Crippen molar-refractivity contribution in [2.24, 2.45) is 0 Å². The summed E-state index contributed by atoms with van der Waals surface area (Å²) in [4.78, 5) is 40.7. The van der Waals surface area contributed by atoms with E-state index in [0.717, 1.165) is 54.9 Å². The second-order valence-corrected chi connectivity index (χ2v) is 11.0. The van der Waals surface area contributed by atoms with E-state index in [1.165, 1.54) is 30.5 Å². The van der Waals surface area contributed by atoms with Gasteiger partial charge in [-0.2, -0.15) is 0 Å². The smallest absolute Gasteiger partial charge is 0.270 e. The summed E-state index contributed by atoms with van der Waals surface area (Å²) >= 11 is 0. The number of amides is 2. The average molecular weight is 552 g/mol. The quantitative estimate of drug-likeness (QED) is 0.241. The summed E-state index contributed by atoms with van der Waals surface area (Å²) in [6.45, 7) is 6.18. The number of carbonyl (C=O) groups is 2. The van der Waals surface area contributed by atoms with Crippen molar-refractivity contribution in [3.8, 4) is 0 Å². The van der Waals surface area contributed by atoms with Crippen molar-refractivity contribution >= 4 is 40.1 Å². The molecule has 0 aliphatic carbocycles. The van der Waals surface area contributed by atoms with Crippen LogP contribution in [0.5, 0.6) is 0 Å². The lowest BCUT2D eigenvalue weighted by molar-refractivity contribution is -0.384. The number of nitro groups is 1. The van der Waals surface area contributed by atoms with Gasteiger partial charge in [0.2, 0.25) is 5.91 Å². The van der Waals surface area contributed by atoms with Crippen molar-refractivity contribution in [3.63, 3.8) is 0 Å². The Morgan fingerprint density at radius 2 is 1.78 bits per heavy atom. The normalized spacial score (nSPS) is 17.6. The van der Waals surface area contributed by atoms with Crippen molar-refractivity contribution in [1.29, 1.82) is 0 Å². The third-order valence-electron chi connectivity index (χ3n) is 8.30. The summed E-state index contributed by atoms with van der Waals surface area (Å²) < 4.78 is 0. The lowest BCUT2D eigenvalue weighted by Crippen LogP contribution is -2.34. The molecule has 9 heteroatoms. The van der Waals surface area contributed by atoms with Gasteiger partial charge >= 0.3 is 0 Å². The maximum absolute atomic E-state index is 13.3. The van der Waals surface area contributed by atoms with E-state index in [-0.39, 0.29) is 17.5 Å². The van der Waals surface area contributed by atoms with E-state index in [1.807, 2.05) is 29.2 Å². The molecule has 210 valence electrons. The van der Waals surface area contributed by atoms with Crippen LogP contribution in [0.25, 0.3) is 11.3 Å². The predicted octanol–water partition coefficient (Wildman–Crippen LogP) is 5.07. The summed E-state index contributed by atoms with van der Waals surface area (Å²) in [6, 6.07) is 18.7. The summed E-state index contributed by atoms with van der Waals surface area (Å²) in [5.41, 5.74) is 7.05. The van der Waals surface area contributed by atoms with Gasteiger partial charge in [0.05, 0.1) is 16.2 Å². The molecule has 0 bridgehead atoms. The fourth-order valence-corrected chi connectivity index (χ4v) is 5.97. The van der Waals surface area contributed by atoms with Crippen LogP contribution in [0, 0.1) is 10.1 Å². The Labute approximate surface area is 239 Å². The van der Waals surface area contributed by atoms with Gasteiger partial charge < -0.3 is 20.4 Å². The Morgan fingerprint density at radius 1 is 1.00 bits per heavy atom. The number of hydrogen-bond acceptors (Lipinski definition) is 6. The summed E-state index contributed by atoms with van der Waals surface area (Å²) in [5.74, 6) is -0.245. The highest BCUT2D eigenvalue weighted by Crippen LogP contribution is 2.39. The van der Waals surface area contributed by atoms with Crippen molar-refractivity contribution in [2.75, 3.05) is 36.8 Å². The first-order chi connectivity index (χ1) is 19.9. The highest BCUT2D eigenvalue weighted by molar-refractivity contribution is 6.37. The van der Waals surface area contributed by atoms with E-state index in [1.54, 1.807) is 13.0 Å². The highest BCUT2D eigenvalue weighted by Gasteiger charge is 2.30. The van der Waals surface area contributed by atoms with Crippen molar-refractivity contribution in [3.05, 3.63) is 98.6 Å². The predicted molar refractivity (Wildman–Crippen MR) is 159 cm³/mol. The maximum Gasteiger partial charge on any atom is 0.270 e. The molecule has 3 aromatic carbocycles. The molecule has 3 aliphatic rings. The second-order valence-electron chi connectivity index (χ2n) is 11.0. The topological polar surface area (TPSA) is 108 Å². The minimum Gasteiger partial charge on any atom is -0.354 e. The minimum atomic E-state index is -0.448. The van der Waals surface area contributed by atoms with E-state index in [9.17, 15) is 19.7 Å². The molecule has 3 aliphatic heterocycles. The zero-order chi connectivity index (χ0) is 28.5. The molecular weight excluding hydrogens is 518 g/mol. The van der Waals surface area contributed by atoms with Crippen LogP contribution in [0.4, 0.5) is 17.1 Å². The molecule has 1 fully saturated rings. The van der Waals surface area contributed by atoms with E-state index in [0.29, 0.717) is 35.6 Å². The Kier molecular flexibility index (Phi) is 7.28. The number of nitro benzene ring substituents is 1. The van der Waals surface area contributed by atoms with Gasteiger partial charge in [0.1, 0.15) is 0 Å². The minimum absolute atomic E-state index is 0.0637. The monoisotopic (exact) mass is 551 g/mol. The zero-order valence-electron chi connectivity index (χ0n) is 23.1. The number of fused-ring (bicyclic) bond motifs is 2. The Balaban J connectivity index is 1.37. The molecule has 9 nitrogen and oxygen atoms in total. The van der Waals surface area contributed by atoms with Crippen LogP contribution in [0.1, 0.15) is 47.6 Å². The summed E-state index contributed by atoms with van der Waals surface area (Å²) in [5, 5.41) is 17.9. The first-order valence-electron chi connectivity index (χ1n) is 14.2. The van der Waals surface area contributed by atoms with Crippen molar-refractivity contribution in [2.45, 2.75) is 39.2 Å². The van der Waals surface area contributed by atoms with E-state index < -0.39 is 4.92 Å². The Hall–Kier alpha value is -4.50. The lowest BCUT2D eigenvalue weighted by Gasteiger charge is -2.28. The molecule has 3 aromatic rings. The van der Waals surface area contributed by atoms with Gasteiger partial charge in [-0.3, -0.25) is 19.7 Å². The van der Waals surface area contributed by atoms with Gasteiger partial charge in [-0.05, 0) is 79.2 Å². The molecule has 1 saturated heterocycles. The molecule has 0 radical (unpaired) electrons. The first-order valence-corrected chi connectivity index (χ1v) is 14.2. The number of likely N-dealkylation sites (tertiary alicyclic amines) is 1. The number of non-ortho nitro benzene ring substituents is 1. The molecule has 2 N–H and O–H groups in total. The highest BCUT2D eigenvalue weighted by atomic mass is 16.6. The molecule has 0 unspecified atom stereocenters. The van der Waals surface area contributed by atoms with Crippen molar-refractivity contribution in [1.82, 2.24) is 9.80 Å². The zero-order valence-corrected chi connectivity index (χ0v) is 23.1. The fraction of sp³-hybridized carbons (Fsp3) is 0.312. The third-order valence-corrected chi connectivity index (χ3v) is 8.30. The van der Waals surface area contributed by atoms with Crippen LogP contribution in [0.15, 0.2) is 60.7 Å². The van der Waals surface area contributed by atoms with Gasteiger partial charge in [-0.1, -0.05) is 30.3 Å². The van der Waals surface area contributed by atoms with Gasteiger partial charge in [0.15, 0.2) is 0 Å². The second kappa shape index (κ2) is 11.2. The van der Waals surface area contributed by atoms with Gasteiger partial charge in [-0.15, -0.1) is 0 Å². The van der Waals surface area contributed by atoms with E-state index >= 15 is 0 Å². The van der Waals surface area contributed by atoms with Crippen LogP contribution in [0.3, 0.4) is 0 Å². The van der Waals surface area contributed by atoms with Crippen molar-refractivity contribution < 1.29 is 14.5 Å². The number of anilines is 2. The lowest BCUT2D eigenvalue weighted by atomic mass is 9.97. The standard InChI is InChI=1S/C32H33N5O4/c1-21(38)36-17-13-24-18-26(9-8-25(24)20-36)33-31(23-6-4-22(5-7-23)12-16-35-14-2-3-15-35)30-28-19-27(37(40)41)10-11-29(28)34-32(30)39/h4-11,18-19,33H,2-3,12-17,20H2,1H3,(H,34,39)/b31-30-. The van der Waals surface area contributed by atoms with Crippen LogP contribution in [0.2, 0.25) is 0 Å². The molecule has 0 spiro atoms. The number of hydrogen-bond donors (Lipinski definition) is 2. The first kappa shape index (κ1) is 26.7. The fourth-order valence-electron chi connectivity index (χ4n) is 5.97. The molecule has 41 heavy (non-hydrogen) atoms. The van der Waals surface area contributed by atoms with Crippen LogP contribution < -0.4 is 10.6 Å². The summed E-state index contributed by atoms with van der Waals surface area (Å²) in [6.07, 6.45) is 4.23. The molecule has 6 rings (SSSR count). The van der Waals surface area contributed by atoms with Gasteiger partial charge in [0, 0.05) is 55.6 Å². The molecular formula is C32H33N5O4. The Morgan fingerprint density at radius 3 is 2.51 bits per heavy atom.